The first-order chi connectivity index (χ1) is 11.6. The van der Waals surface area contributed by atoms with Crippen LogP contribution in [0.15, 0.2) is 36.9 Å². The molecule has 6 rings (SSSR count). The third kappa shape index (κ3) is 3.38. The number of benzene rings is 1. The summed E-state index contributed by atoms with van der Waals surface area (Å²) >= 11 is 0. The lowest BCUT2D eigenvalue weighted by atomic mass is 9.53. The fraction of sp³-hybridized carbons (Fsp3) is 0.591. The molecular formula is C22H31BrN2O. The highest BCUT2D eigenvalue weighted by atomic mass is 79.9. The van der Waals surface area contributed by atoms with E-state index in [1.54, 1.807) is 0 Å². The minimum absolute atomic E-state index is 0. The molecule has 4 saturated carbocycles. The second-order valence-electron chi connectivity index (χ2n) is 9.13. The van der Waals surface area contributed by atoms with Gasteiger partial charge in [-0.05, 0) is 75.7 Å². The summed E-state index contributed by atoms with van der Waals surface area (Å²) in [4.78, 5) is 0. The molecule has 4 fully saturated rings. The predicted octanol–water partition coefficient (Wildman–Crippen LogP) is 0.545. The van der Waals surface area contributed by atoms with Crippen LogP contribution in [0, 0.1) is 31.6 Å². The molecule has 1 heterocycles. The van der Waals surface area contributed by atoms with Gasteiger partial charge < -0.3 is 22.5 Å². The Morgan fingerprint density at radius 3 is 2.04 bits per heavy atom. The van der Waals surface area contributed by atoms with Crippen LogP contribution in [0.4, 0.5) is 0 Å². The van der Waals surface area contributed by atoms with Gasteiger partial charge in [-0.3, -0.25) is 0 Å². The summed E-state index contributed by atoms with van der Waals surface area (Å²) in [6, 6.07) is 6.90. The highest BCUT2D eigenvalue weighted by Crippen LogP contribution is 2.58. The van der Waals surface area contributed by atoms with Gasteiger partial charge >= 0.3 is 0 Å². The van der Waals surface area contributed by atoms with Gasteiger partial charge in [-0.2, -0.15) is 0 Å². The molecule has 0 aliphatic heterocycles. The fourth-order valence-corrected chi connectivity index (χ4v) is 6.52. The second kappa shape index (κ2) is 7.12. The monoisotopic (exact) mass is 418 g/mol. The standard InChI is InChI=1S/C22H29N2.BrH.H2O/c1-16-5-17(2)7-21(6-16)14-23-3-4-24(15-23)22-11-18-8-19(12-22)10-20(9-18)13-22;;/h3-7,15,18-20H,8-14H2,1-2H3;1H;1H2/q+1;;/p-1. The molecule has 1 aromatic heterocycles. The van der Waals surface area contributed by atoms with Crippen molar-refractivity contribution in [3.05, 3.63) is 53.6 Å². The zero-order chi connectivity index (χ0) is 16.3. The summed E-state index contributed by atoms with van der Waals surface area (Å²) in [6.07, 6.45) is 15.9. The van der Waals surface area contributed by atoms with Crippen LogP contribution >= 0.6 is 0 Å². The molecule has 0 spiro atoms. The first-order valence-electron chi connectivity index (χ1n) is 9.73. The number of nitrogens with zero attached hydrogens (tertiary/aromatic N) is 2. The van der Waals surface area contributed by atoms with Gasteiger partial charge in [0.2, 0.25) is 6.33 Å². The Hall–Kier alpha value is -1.13. The van der Waals surface area contributed by atoms with Gasteiger partial charge in [-0.15, -0.1) is 0 Å². The van der Waals surface area contributed by atoms with E-state index >= 15 is 0 Å². The predicted molar refractivity (Wildman–Crippen MR) is 99.4 cm³/mol. The van der Waals surface area contributed by atoms with Crippen LogP contribution in [-0.2, 0) is 12.1 Å². The number of imidazole rings is 1. The normalized spacial score (nSPS) is 31.4. The van der Waals surface area contributed by atoms with Crippen molar-refractivity contribution in [2.75, 3.05) is 0 Å². The first-order valence-corrected chi connectivity index (χ1v) is 9.73. The lowest BCUT2D eigenvalue weighted by Crippen LogP contribution is -3.00. The topological polar surface area (TPSA) is 40.3 Å². The van der Waals surface area contributed by atoms with E-state index in [4.69, 9.17) is 0 Å². The molecule has 3 nitrogen and oxygen atoms in total. The molecule has 0 radical (unpaired) electrons. The maximum atomic E-state index is 2.60. The third-order valence-corrected chi connectivity index (χ3v) is 6.89. The minimum atomic E-state index is 0. The zero-order valence-electron chi connectivity index (χ0n) is 15.9. The van der Waals surface area contributed by atoms with Crippen molar-refractivity contribution >= 4 is 0 Å². The highest BCUT2D eigenvalue weighted by Gasteiger charge is 2.54. The van der Waals surface area contributed by atoms with Gasteiger partial charge in [0.1, 0.15) is 24.5 Å². The van der Waals surface area contributed by atoms with E-state index in [0.29, 0.717) is 5.54 Å². The zero-order valence-corrected chi connectivity index (χ0v) is 17.5. The summed E-state index contributed by atoms with van der Waals surface area (Å²) in [5.41, 5.74) is 4.60. The Morgan fingerprint density at radius 1 is 0.962 bits per heavy atom. The van der Waals surface area contributed by atoms with Crippen LogP contribution in [0.2, 0.25) is 0 Å². The molecule has 4 aliphatic rings. The molecule has 0 unspecified atom stereocenters. The molecule has 0 amide bonds. The van der Waals surface area contributed by atoms with Crippen LogP contribution < -0.4 is 21.5 Å². The van der Waals surface area contributed by atoms with Crippen molar-refractivity contribution in [1.82, 2.24) is 4.57 Å². The van der Waals surface area contributed by atoms with Crippen molar-refractivity contribution in [3.8, 4) is 0 Å². The van der Waals surface area contributed by atoms with Crippen LogP contribution in [0.3, 0.4) is 0 Å². The van der Waals surface area contributed by atoms with E-state index in [2.05, 4.69) is 59.9 Å². The Balaban J connectivity index is 0.000000980. The van der Waals surface area contributed by atoms with Crippen LogP contribution in [0.1, 0.15) is 55.2 Å². The van der Waals surface area contributed by atoms with Gasteiger partial charge in [-0.25, -0.2) is 9.13 Å². The van der Waals surface area contributed by atoms with Crippen LogP contribution in [-0.4, -0.2) is 10.0 Å². The Labute approximate surface area is 167 Å². The second-order valence-corrected chi connectivity index (χ2v) is 9.13. The molecule has 26 heavy (non-hydrogen) atoms. The van der Waals surface area contributed by atoms with Gasteiger partial charge in [0.15, 0.2) is 0 Å². The SMILES string of the molecule is Cc1cc(C)cc(C[n+]2ccn(C34CC5CC(CC(C5)C3)C4)c2)c1.O.[Br-]. The summed E-state index contributed by atoms with van der Waals surface area (Å²) in [7, 11) is 0. The largest absolute Gasteiger partial charge is 1.00 e. The number of rotatable bonds is 3. The van der Waals surface area contributed by atoms with Crippen molar-refractivity contribution in [2.24, 2.45) is 17.8 Å². The van der Waals surface area contributed by atoms with E-state index in [1.807, 2.05) is 0 Å². The van der Waals surface area contributed by atoms with Crippen LogP contribution in [0.25, 0.3) is 0 Å². The Kier molecular flexibility index (Phi) is 5.38. The van der Waals surface area contributed by atoms with Gasteiger partial charge in [-0.1, -0.05) is 29.3 Å². The smallest absolute Gasteiger partial charge is 0.244 e. The van der Waals surface area contributed by atoms with Crippen molar-refractivity contribution in [1.29, 1.82) is 0 Å². The lowest BCUT2D eigenvalue weighted by Gasteiger charge is -2.54. The van der Waals surface area contributed by atoms with Gasteiger partial charge in [0, 0.05) is 0 Å². The molecule has 142 valence electrons. The third-order valence-electron chi connectivity index (χ3n) is 6.89. The Morgan fingerprint density at radius 2 is 1.50 bits per heavy atom. The van der Waals surface area contributed by atoms with Crippen molar-refractivity contribution in [3.63, 3.8) is 0 Å². The molecule has 2 N–H and O–H groups in total. The maximum absolute atomic E-state index is 2.60. The highest BCUT2D eigenvalue weighted by molar-refractivity contribution is 5.27. The molecule has 0 atom stereocenters. The lowest BCUT2D eigenvalue weighted by molar-refractivity contribution is -0.688. The molecule has 2 aromatic rings. The molecule has 1 aromatic carbocycles. The molecule has 4 bridgehead atoms. The number of halogens is 1. The number of hydrogen-bond acceptors (Lipinski definition) is 0. The van der Waals surface area contributed by atoms with Gasteiger partial charge in [0.05, 0.1) is 0 Å². The van der Waals surface area contributed by atoms with Gasteiger partial charge in [0.25, 0.3) is 0 Å². The molecule has 4 aliphatic carbocycles. The van der Waals surface area contributed by atoms with E-state index in [1.165, 1.54) is 55.2 Å². The maximum Gasteiger partial charge on any atom is 0.244 e. The average molecular weight is 419 g/mol. The fourth-order valence-electron chi connectivity index (χ4n) is 6.52. The summed E-state index contributed by atoms with van der Waals surface area (Å²) in [6.45, 7) is 5.38. The van der Waals surface area contributed by atoms with E-state index in [0.717, 1.165) is 24.3 Å². The summed E-state index contributed by atoms with van der Waals surface area (Å²) in [5, 5.41) is 0. The minimum Gasteiger partial charge on any atom is -1.00 e. The van der Waals surface area contributed by atoms with E-state index in [-0.39, 0.29) is 22.5 Å². The number of hydrogen-bond donors (Lipinski definition) is 0. The first kappa shape index (κ1) is 19.6. The number of aryl methyl sites for hydroxylation is 2. The Bertz CT molecular complexity index is 727. The average Bonchev–Trinajstić information content (AvgIpc) is 2.94. The molecular weight excluding hydrogens is 388 g/mol. The van der Waals surface area contributed by atoms with Crippen molar-refractivity contribution < 1.29 is 27.0 Å². The molecule has 4 heteroatoms. The summed E-state index contributed by atoms with van der Waals surface area (Å²) in [5.74, 6) is 3.02. The van der Waals surface area contributed by atoms with Crippen molar-refractivity contribution in [2.45, 2.75) is 64.5 Å². The van der Waals surface area contributed by atoms with E-state index < -0.39 is 0 Å². The quantitative estimate of drug-likeness (QED) is 0.652. The van der Waals surface area contributed by atoms with Crippen LogP contribution in [0.5, 0.6) is 0 Å². The molecule has 0 saturated heterocycles. The number of aromatic nitrogens is 2. The van der Waals surface area contributed by atoms with E-state index in [9.17, 15) is 0 Å². The summed E-state index contributed by atoms with van der Waals surface area (Å²) < 4.78 is 4.98.